The number of carbonyl (C=O) groups is 2. The van der Waals surface area contributed by atoms with Gasteiger partial charge in [0.05, 0.1) is 17.0 Å². The maximum Gasteiger partial charge on any atom is 0.260 e. The number of thiazole rings is 2. The fourth-order valence-corrected chi connectivity index (χ4v) is 9.47. The van der Waals surface area contributed by atoms with Crippen molar-refractivity contribution in [2.75, 3.05) is 13.1 Å². The molecule has 298 valence electrons. The first kappa shape index (κ1) is 45.1. The number of hydrogen-bond donors (Lipinski definition) is 0. The summed E-state index contributed by atoms with van der Waals surface area (Å²) in [5.74, 6) is 0.819. The van der Waals surface area contributed by atoms with Crippen molar-refractivity contribution in [1.82, 2.24) is 19.8 Å². The third-order valence-corrected chi connectivity index (χ3v) is 12.7. The topological polar surface area (TPSA) is 66.4 Å². The quantitative estimate of drug-likeness (QED) is 0.0422. The summed E-state index contributed by atoms with van der Waals surface area (Å²) < 4.78 is 0. The molecule has 53 heavy (non-hydrogen) atoms. The minimum absolute atomic E-state index is 0.00155. The fraction of sp³-hybridized carbons (Fsp3) is 0.733. The monoisotopic (exact) mass is 767 g/mol. The Morgan fingerprint density at radius 1 is 0.679 bits per heavy atom. The van der Waals surface area contributed by atoms with Crippen LogP contribution < -0.4 is 0 Å². The van der Waals surface area contributed by atoms with Crippen molar-refractivity contribution in [2.45, 2.75) is 189 Å². The molecule has 0 radical (unpaired) electrons. The van der Waals surface area contributed by atoms with Crippen molar-refractivity contribution >= 4 is 46.4 Å². The molecule has 2 unspecified atom stereocenters. The predicted molar refractivity (Wildman–Crippen MR) is 229 cm³/mol. The van der Waals surface area contributed by atoms with Crippen molar-refractivity contribution in [3.05, 3.63) is 44.3 Å². The molecule has 0 fully saturated rings. The zero-order chi connectivity index (χ0) is 38.1. The van der Waals surface area contributed by atoms with Gasteiger partial charge in [-0.15, -0.1) is 22.7 Å². The van der Waals surface area contributed by atoms with Crippen LogP contribution >= 0.6 is 22.7 Å². The van der Waals surface area contributed by atoms with Gasteiger partial charge in [-0.1, -0.05) is 156 Å². The van der Waals surface area contributed by atoms with Gasteiger partial charge in [-0.05, 0) is 50.0 Å². The van der Waals surface area contributed by atoms with Crippen LogP contribution in [0, 0.1) is 11.8 Å². The number of amides is 2. The standard InChI is InChI=1S/C45H74N4O2S2/c1-6-10-14-18-20-24-27-38(26-22-16-12-8-3)34-48(36-50)42(44-47-31-33-53-44)40-37(5)41(43-46-30-32-52-43)49(45(40)51)35-39(28-23-17-13-9-4)29-25-21-19-15-11-7-2/h30-33,36,38-39H,6-29,34-35H2,1-5H3/b42-40+. The molecule has 0 bridgehead atoms. The van der Waals surface area contributed by atoms with E-state index in [0.717, 1.165) is 53.4 Å². The number of unbranched alkanes of at least 4 members (excludes halogenated alkanes) is 16. The molecule has 2 amide bonds. The van der Waals surface area contributed by atoms with E-state index in [4.69, 9.17) is 9.97 Å². The van der Waals surface area contributed by atoms with Crippen molar-refractivity contribution < 1.29 is 9.59 Å². The second kappa shape index (κ2) is 27.3. The van der Waals surface area contributed by atoms with Crippen molar-refractivity contribution in [2.24, 2.45) is 11.8 Å². The molecule has 0 saturated carbocycles. The number of rotatable bonds is 32. The van der Waals surface area contributed by atoms with E-state index in [1.807, 2.05) is 26.8 Å². The van der Waals surface area contributed by atoms with E-state index >= 15 is 4.79 Å². The lowest BCUT2D eigenvalue weighted by atomic mass is 9.93. The average Bonchev–Trinajstić information content (AvgIpc) is 3.94. The van der Waals surface area contributed by atoms with Gasteiger partial charge in [0.25, 0.3) is 5.91 Å². The molecule has 2 aromatic heterocycles. The van der Waals surface area contributed by atoms with E-state index in [9.17, 15) is 4.79 Å². The summed E-state index contributed by atoms with van der Waals surface area (Å²) in [7, 11) is 0. The second-order valence-corrected chi connectivity index (χ2v) is 17.4. The third-order valence-electron chi connectivity index (χ3n) is 11.1. The third kappa shape index (κ3) is 15.4. The SMILES string of the molecule is CCCCCCCCC(CCCCCC)CN1C(=O)/C(=C(\c2nccs2)N(C=O)CC(CCCCCC)CCCCCCCC)C(C)=C1c1nccs1. The maximum absolute atomic E-state index is 15.0. The fourth-order valence-electron chi connectivity index (χ4n) is 8.02. The molecule has 2 atom stereocenters. The Morgan fingerprint density at radius 3 is 1.62 bits per heavy atom. The van der Waals surface area contributed by atoms with Crippen LogP contribution in [-0.2, 0) is 9.59 Å². The summed E-state index contributed by atoms with van der Waals surface area (Å²) in [6.07, 6.45) is 34.2. The van der Waals surface area contributed by atoms with Gasteiger partial charge in [0, 0.05) is 36.2 Å². The summed E-state index contributed by atoms with van der Waals surface area (Å²) in [5.41, 5.74) is 3.16. The molecule has 2 aromatic rings. The van der Waals surface area contributed by atoms with Crippen LogP contribution in [-0.4, -0.2) is 45.2 Å². The predicted octanol–water partition coefficient (Wildman–Crippen LogP) is 13.7. The van der Waals surface area contributed by atoms with E-state index in [-0.39, 0.29) is 5.91 Å². The Morgan fingerprint density at radius 2 is 1.15 bits per heavy atom. The van der Waals surface area contributed by atoms with E-state index in [1.54, 1.807) is 17.5 Å². The molecular weight excluding hydrogens is 693 g/mol. The van der Waals surface area contributed by atoms with Crippen LogP contribution in [0.1, 0.15) is 199 Å². The van der Waals surface area contributed by atoms with Crippen LogP contribution in [0.25, 0.3) is 11.4 Å². The largest absolute Gasteiger partial charge is 0.311 e. The van der Waals surface area contributed by atoms with Gasteiger partial charge in [0.1, 0.15) is 10.0 Å². The zero-order valence-electron chi connectivity index (χ0n) is 34.3. The summed E-state index contributed by atoms with van der Waals surface area (Å²) in [6, 6.07) is 0. The number of hydrogen-bond acceptors (Lipinski definition) is 6. The Bertz CT molecular complexity index is 1320. The normalized spacial score (nSPS) is 15.4. The van der Waals surface area contributed by atoms with Gasteiger partial charge in [0.2, 0.25) is 6.41 Å². The molecule has 0 spiro atoms. The van der Waals surface area contributed by atoms with E-state index in [2.05, 4.69) is 34.6 Å². The Kier molecular flexibility index (Phi) is 23.2. The molecule has 0 aliphatic carbocycles. The molecule has 1 aliphatic rings. The first-order valence-corrected chi connectivity index (χ1v) is 23.5. The van der Waals surface area contributed by atoms with Gasteiger partial charge in [-0.25, -0.2) is 9.97 Å². The highest BCUT2D eigenvalue weighted by Gasteiger charge is 2.40. The molecule has 0 aromatic carbocycles. The van der Waals surface area contributed by atoms with Gasteiger partial charge in [-0.2, -0.15) is 0 Å². The number of carbonyl (C=O) groups excluding carboxylic acids is 2. The zero-order valence-corrected chi connectivity index (χ0v) is 36.0. The second-order valence-electron chi connectivity index (χ2n) is 15.6. The van der Waals surface area contributed by atoms with E-state index in [1.165, 1.54) is 140 Å². The van der Waals surface area contributed by atoms with Crippen LogP contribution in [0.15, 0.2) is 34.3 Å². The number of nitrogens with zero attached hydrogens (tertiary/aromatic N) is 4. The highest BCUT2D eigenvalue weighted by Crippen LogP contribution is 2.42. The summed E-state index contributed by atoms with van der Waals surface area (Å²) in [4.78, 5) is 41.7. The van der Waals surface area contributed by atoms with Crippen molar-refractivity contribution in [3.63, 3.8) is 0 Å². The Labute approximate surface area is 332 Å². The first-order valence-electron chi connectivity index (χ1n) is 21.8. The molecule has 0 N–H and O–H groups in total. The molecule has 6 nitrogen and oxygen atoms in total. The summed E-state index contributed by atoms with van der Waals surface area (Å²) in [6.45, 7) is 12.5. The van der Waals surface area contributed by atoms with Gasteiger partial charge < -0.3 is 9.80 Å². The molecule has 0 saturated heterocycles. The lowest BCUT2D eigenvalue weighted by Crippen LogP contribution is -2.33. The number of aromatic nitrogens is 2. The Hall–Kier alpha value is -2.32. The minimum atomic E-state index is 0.00155. The van der Waals surface area contributed by atoms with Crippen LogP contribution in [0.2, 0.25) is 0 Å². The van der Waals surface area contributed by atoms with Crippen LogP contribution in [0.4, 0.5) is 0 Å². The van der Waals surface area contributed by atoms with Crippen LogP contribution in [0.5, 0.6) is 0 Å². The average molecular weight is 767 g/mol. The molecule has 3 heterocycles. The lowest BCUT2D eigenvalue weighted by molar-refractivity contribution is -0.123. The minimum Gasteiger partial charge on any atom is -0.311 e. The van der Waals surface area contributed by atoms with Crippen LogP contribution in [0.3, 0.4) is 0 Å². The van der Waals surface area contributed by atoms with Gasteiger partial charge >= 0.3 is 0 Å². The van der Waals surface area contributed by atoms with E-state index in [0.29, 0.717) is 36.2 Å². The van der Waals surface area contributed by atoms with E-state index < -0.39 is 0 Å². The lowest BCUT2D eigenvalue weighted by Gasteiger charge is -2.28. The Balaban J connectivity index is 1.97. The molecule has 3 rings (SSSR count). The molecule has 1 aliphatic heterocycles. The maximum atomic E-state index is 15.0. The highest BCUT2D eigenvalue weighted by molar-refractivity contribution is 7.11. The first-order chi connectivity index (χ1) is 26.0. The van der Waals surface area contributed by atoms with Gasteiger partial charge in [0.15, 0.2) is 0 Å². The summed E-state index contributed by atoms with van der Waals surface area (Å²) in [5, 5.41) is 5.58. The smallest absolute Gasteiger partial charge is 0.260 e. The molecule has 8 heteroatoms. The summed E-state index contributed by atoms with van der Waals surface area (Å²) >= 11 is 3.11. The molecular formula is C45H74N4O2S2. The highest BCUT2D eigenvalue weighted by atomic mass is 32.1. The van der Waals surface area contributed by atoms with Gasteiger partial charge in [-0.3, -0.25) is 9.59 Å². The van der Waals surface area contributed by atoms with Crippen molar-refractivity contribution in [1.29, 1.82) is 0 Å². The van der Waals surface area contributed by atoms with Crippen molar-refractivity contribution in [3.8, 4) is 0 Å².